The number of rotatable bonds is 4. The Labute approximate surface area is 248 Å². The summed E-state index contributed by atoms with van der Waals surface area (Å²) in [5.74, 6) is -0.533. The Morgan fingerprint density at radius 2 is 0.619 bits per heavy atom. The molecule has 0 fully saturated rings. The van der Waals surface area contributed by atoms with Crippen molar-refractivity contribution in [1.82, 2.24) is 10.6 Å². The molecule has 0 unspecified atom stereocenters. The highest BCUT2D eigenvalue weighted by molar-refractivity contribution is 6.30. The first kappa shape index (κ1) is 27.5. The number of amides is 2. The molecule has 0 spiro atoms. The summed E-state index contributed by atoms with van der Waals surface area (Å²) in [5.41, 5.74) is 10.7. The molecular weight excluding hydrogens is 516 g/mol. The van der Waals surface area contributed by atoms with Gasteiger partial charge in [0.15, 0.2) is 0 Å². The number of benzene rings is 4. The Bertz CT molecular complexity index is 1620. The molecule has 42 heavy (non-hydrogen) atoms. The van der Waals surface area contributed by atoms with E-state index in [0.29, 0.717) is 22.5 Å². The first-order valence-corrected chi connectivity index (χ1v) is 14.4. The number of hydrogen-bond donors (Lipinski definition) is 2. The third kappa shape index (κ3) is 4.98. The number of carbonyl (C=O) groups is 2. The van der Waals surface area contributed by atoms with E-state index in [9.17, 15) is 9.59 Å². The first-order chi connectivity index (χ1) is 19.9. The van der Waals surface area contributed by atoms with Crippen molar-refractivity contribution in [2.45, 2.75) is 52.4 Å². The van der Waals surface area contributed by atoms with Gasteiger partial charge in [-0.05, 0) is 55.3 Å². The zero-order chi connectivity index (χ0) is 29.8. The summed E-state index contributed by atoms with van der Waals surface area (Å²) in [5, 5.41) is 5.92. The Balaban J connectivity index is 1.28. The summed E-state index contributed by atoms with van der Waals surface area (Å²) in [7, 11) is 0. The molecule has 0 radical (unpaired) electrons. The van der Waals surface area contributed by atoms with Crippen molar-refractivity contribution in [2.75, 3.05) is 0 Å². The van der Waals surface area contributed by atoms with Crippen LogP contribution >= 0.6 is 0 Å². The van der Waals surface area contributed by atoms with Gasteiger partial charge < -0.3 is 10.6 Å². The van der Waals surface area contributed by atoms with Crippen LogP contribution in [0.3, 0.4) is 0 Å². The van der Waals surface area contributed by atoms with Gasteiger partial charge in [0.2, 0.25) is 0 Å². The van der Waals surface area contributed by atoms with Crippen molar-refractivity contribution in [1.29, 1.82) is 0 Å². The number of carbonyl (C=O) groups excluding carboxylic acids is 2. The van der Waals surface area contributed by atoms with Crippen LogP contribution < -0.4 is 10.6 Å². The molecule has 4 aromatic carbocycles. The second-order valence-corrected chi connectivity index (χ2v) is 13.2. The van der Waals surface area contributed by atoms with Crippen LogP contribution in [0.5, 0.6) is 0 Å². The van der Waals surface area contributed by atoms with E-state index in [0.717, 1.165) is 33.4 Å². The van der Waals surface area contributed by atoms with Crippen molar-refractivity contribution in [3.63, 3.8) is 0 Å². The number of hydrogen-bond acceptors (Lipinski definition) is 2. The molecule has 4 nitrogen and oxygen atoms in total. The van der Waals surface area contributed by atoms with Crippen LogP contribution in [0.1, 0.15) is 63.8 Å². The smallest absolute Gasteiger partial charge is 0.258 e. The maximum absolute atomic E-state index is 13.2. The van der Waals surface area contributed by atoms with Crippen molar-refractivity contribution in [2.24, 2.45) is 0 Å². The lowest BCUT2D eigenvalue weighted by atomic mass is 9.86. The molecule has 0 atom stereocenters. The normalized spacial score (nSPS) is 15.2. The van der Waals surface area contributed by atoms with Crippen molar-refractivity contribution < 1.29 is 9.59 Å². The molecule has 2 amide bonds. The molecule has 2 N–H and O–H groups in total. The van der Waals surface area contributed by atoms with Crippen LogP contribution in [0.2, 0.25) is 0 Å². The average molecular weight is 553 g/mol. The standard InChI is InChI=1S/C38H36N2O2/c1-37(2,3)29-19-15-25(16-20-29)23-7-11-27(12-8-23)33-31-32(36(42)39-33)34(40-35(31)41)28-13-9-24(10-14-28)26-17-21-30(22-18-26)38(4,5)6/h7-22H,1-6H3,(H,39,42)(H,40,41). The van der Waals surface area contributed by atoms with Gasteiger partial charge in [-0.25, -0.2) is 0 Å². The molecule has 4 aromatic rings. The van der Waals surface area contributed by atoms with Gasteiger partial charge >= 0.3 is 0 Å². The third-order valence-corrected chi connectivity index (χ3v) is 8.20. The van der Waals surface area contributed by atoms with Gasteiger partial charge in [0.25, 0.3) is 11.8 Å². The van der Waals surface area contributed by atoms with E-state index in [4.69, 9.17) is 0 Å². The third-order valence-electron chi connectivity index (χ3n) is 8.20. The first-order valence-electron chi connectivity index (χ1n) is 14.4. The van der Waals surface area contributed by atoms with Gasteiger partial charge in [-0.2, -0.15) is 0 Å². The maximum atomic E-state index is 13.2. The zero-order valence-corrected chi connectivity index (χ0v) is 25.1. The van der Waals surface area contributed by atoms with E-state index in [1.807, 2.05) is 48.5 Å². The monoisotopic (exact) mass is 552 g/mol. The molecule has 2 heterocycles. The average Bonchev–Trinajstić information content (AvgIpc) is 3.50. The number of fused-ring (bicyclic) bond motifs is 1. The molecule has 210 valence electrons. The highest BCUT2D eigenvalue weighted by Gasteiger charge is 2.40. The summed E-state index contributed by atoms with van der Waals surface area (Å²) in [6.45, 7) is 13.2. The van der Waals surface area contributed by atoms with Crippen molar-refractivity contribution >= 4 is 23.2 Å². The molecule has 0 aromatic heterocycles. The summed E-state index contributed by atoms with van der Waals surface area (Å²) in [4.78, 5) is 26.3. The lowest BCUT2D eigenvalue weighted by Crippen LogP contribution is -2.21. The van der Waals surface area contributed by atoms with E-state index in [1.165, 1.54) is 11.1 Å². The van der Waals surface area contributed by atoms with Crippen LogP contribution in [-0.2, 0) is 20.4 Å². The highest BCUT2D eigenvalue weighted by Crippen LogP contribution is 2.38. The van der Waals surface area contributed by atoms with E-state index in [1.54, 1.807) is 0 Å². The molecule has 0 aliphatic carbocycles. The van der Waals surface area contributed by atoms with Gasteiger partial charge in [-0.15, -0.1) is 0 Å². The van der Waals surface area contributed by atoms with Crippen LogP contribution in [0.25, 0.3) is 33.6 Å². The molecule has 0 saturated heterocycles. The van der Waals surface area contributed by atoms with Crippen molar-refractivity contribution in [3.05, 3.63) is 130 Å². The molecule has 2 aliphatic heterocycles. The second-order valence-electron chi connectivity index (χ2n) is 13.2. The van der Waals surface area contributed by atoms with Gasteiger partial charge in [0, 0.05) is 0 Å². The predicted octanol–water partition coefficient (Wildman–Crippen LogP) is 8.00. The summed E-state index contributed by atoms with van der Waals surface area (Å²) >= 11 is 0. The molecule has 0 saturated carbocycles. The Hall–Kier alpha value is -4.70. The highest BCUT2D eigenvalue weighted by atomic mass is 16.2. The van der Waals surface area contributed by atoms with Gasteiger partial charge in [0.1, 0.15) is 0 Å². The van der Waals surface area contributed by atoms with E-state index in [2.05, 4.69) is 101 Å². The second kappa shape index (κ2) is 9.99. The van der Waals surface area contributed by atoms with Crippen LogP contribution in [0, 0.1) is 0 Å². The zero-order valence-electron chi connectivity index (χ0n) is 25.1. The summed E-state index contributed by atoms with van der Waals surface area (Å²) < 4.78 is 0. The molecule has 6 rings (SSSR count). The van der Waals surface area contributed by atoms with Crippen LogP contribution in [0.15, 0.2) is 108 Å². The molecule has 0 bridgehead atoms. The SMILES string of the molecule is CC(C)(C)c1ccc(-c2ccc(C3=C4C(=O)NC(c5ccc(-c6ccc(C(C)(C)C)cc6)cc5)=C4C(=O)N3)cc2)cc1. The fraction of sp³-hybridized carbons (Fsp3) is 0.211. The Kier molecular flexibility index (Phi) is 6.53. The maximum Gasteiger partial charge on any atom is 0.258 e. The Morgan fingerprint density at radius 1 is 0.381 bits per heavy atom. The molecule has 4 heteroatoms. The van der Waals surface area contributed by atoms with E-state index in [-0.39, 0.29) is 22.6 Å². The minimum atomic E-state index is -0.267. The minimum Gasteiger partial charge on any atom is -0.321 e. The molecule has 2 aliphatic rings. The number of nitrogens with one attached hydrogen (secondary N) is 2. The quantitative estimate of drug-likeness (QED) is 0.270. The largest absolute Gasteiger partial charge is 0.321 e. The van der Waals surface area contributed by atoms with Crippen LogP contribution in [0.4, 0.5) is 0 Å². The predicted molar refractivity (Wildman–Crippen MR) is 171 cm³/mol. The summed E-state index contributed by atoms with van der Waals surface area (Å²) in [6, 6.07) is 33.2. The van der Waals surface area contributed by atoms with Crippen molar-refractivity contribution in [3.8, 4) is 22.3 Å². The molecular formula is C38H36N2O2. The van der Waals surface area contributed by atoms with E-state index >= 15 is 0 Å². The van der Waals surface area contributed by atoms with Gasteiger partial charge in [-0.1, -0.05) is 139 Å². The van der Waals surface area contributed by atoms with E-state index < -0.39 is 0 Å². The Morgan fingerprint density at radius 3 is 0.881 bits per heavy atom. The van der Waals surface area contributed by atoms with Crippen LogP contribution in [-0.4, -0.2) is 11.8 Å². The minimum absolute atomic E-state index is 0.100. The van der Waals surface area contributed by atoms with Gasteiger partial charge in [0.05, 0.1) is 22.5 Å². The lowest BCUT2D eigenvalue weighted by Gasteiger charge is -2.19. The lowest BCUT2D eigenvalue weighted by molar-refractivity contribution is -0.117. The topological polar surface area (TPSA) is 58.2 Å². The fourth-order valence-corrected chi connectivity index (χ4v) is 5.60. The fourth-order valence-electron chi connectivity index (χ4n) is 5.60. The summed E-state index contributed by atoms with van der Waals surface area (Å²) in [6.07, 6.45) is 0. The van der Waals surface area contributed by atoms with Gasteiger partial charge in [-0.3, -0.25) is 9.59 Å².